The Morgan fingerprint density at radius 2 is 2.12 bits per heavy atom. The topological polar surface area (TPSA) is 52.3 Å². The van der Waals surface area contributed by atoms with Crippen molar-refractivity contribution < 1.29 is 9.53 Å². The Kier molecular flexibility index (Phi) is 4.54. The van der Waals surface area contributed by atoms with E-state index in [0.717, 1.165) is 0 Å². The number of carbonyl (C=O) groups excluding carboxylic acids is 1. The maximum Gasteiger partial charge on any atom is 0.163 e. The van der Waals surface area contributed by atoms with Crippen LogP contribution in [0.25, 0.3) is 0 Å². The predicted octanol–water partition coefficient (Wildman–Crippen LogP) is 3.05. The zero-order valence-corrected chi connectivity index (χ0v) is 11.2. The SMILES string of the molecule is COc1ccc(C(=O)CCC(C)(C)N)cc1Cl. The Morgan fingerprint density at radius 1 is 1.47 bits per heavy atom. The van der Waals surface area contributed by atoms with Crippen molar-refractivity contribution in [3.63, 3.8) is 0 Å². The maximum absolute atomic E-state index is 11.9. The van der Waals surface area contributed by atoms with Gasteiger partial charge in [0.15, 0.2) is 5.78 Å². The second kappa shape index (κ2) is 5.52. The Bertz CT molecular complexity index is 410. The lowest BCUT2D eigenvalue weighted by Crippen LogP contribution is -2.32. The van der Waals surface area contributed by atoms with Gasteiger partial charge in [-0.25, -0.2) is 0 Å². The van der Waals surface area contributed by atoms with Crippen LogP contribution in [0.1, 0.15) is 37.0 Å². The van der Waals surface area contributed by atoms with E-state index in [1.54, 1.807) is 25.3 Å². The molecule has 0 spiro atoms. The van der Waals surface area contributed by atoms with Crippen molar-refractivity contribution in [3.8, 4) is 5.75 Å². The van der Waals surface area contributed by atoms with Gasteiger partial charge in [0, 0.05) is 17.5 Å². The first-order valence-electron chi connectivity index (χ1n) is 5.49. The van der Waals surface area contributed by atoms with Crippen LogP contribution < -0.4 is 10.5 Å². The first kappa shape index (κ1) is 14.0. The molecule has 1 aromatic carbocycles. The molecule has 0 aliphatic carbocycles. The third-order valence-electron chi connectivity index (χ3n) is 2.47. The number of hydrogen-bond donors (Lipinski definition) is 1. The van der Waals surface area contributed by atoms with Crippen LogP contribution >= 0.6 is 11.6 Å². The molecule has 4 heteroatoms. The molecule has 1 aromatic rings. The number of ether oxygens (including phenoxy) is 1. The average molecular weight is 256 g/mol. The molecule has 0 radical (unpaired) electrons. The van der Waals surface area contributed by atoms with Gasteiger partial charge in [-0.2, -0.15) is 0 Å². The fourth-order valence-corrected chi connectivity index (χ4v) is 1.68. The number of Topliss-reactive ketones (excluding diaryl/α,β-unsaturated/α-hetero) is 1. The van der Waals surface area contributed by atoms with Gasteiger partial charge in [-0.3, -0.25) is 4.79 Å². The Labute approximate surface area is 107 Å². The molecule has 0 saturated carbocycles. The summed E-state index contributed by atoms with van der Waals surface area (Å²) in [5.41, 5.74) is 6.11. The number of benzene rings is 1. The quantitative estimate of drug-likeness (QED) is 0.823. The second-order valence-electron chi connectivity index (χ2n) is 4.76. The van der Waals surface area contributed by atoms with Crippen molar-refractivity contribution in [3.05, 3.63) is 28.8 Å². The Hall–Kier alpha value is -1.06. The normalized spacial score (nSPS) is 11.4. The van der Waals surface area contributed by atoms with E-state index in [4.69, 9.17) is 22.1 Å². The number of halogens is 1. The van der Waals surface area contributed by atoms with Crippen molar-refractivity contribution >= 4 is 17.4 Å². The monoisotopic (exact) mass is 255 g/mol. The summed E-state index contributed by atoms with van der Waals surface area (Å²) in [7, 11) is 1.54. The van der Waals surface area contributed by atoms with Crippen molar-refractivity contribution in [2.45, 2.75) is 32.2 Å². The van der Waals surface area contributed by atoms with Crippen LogP contribution in [0.5, 0.6) is 5.75 Å². The van der Waals surface area contributed by atoms with Gasteiger partial charge in [-0.1, -0.05) is 11.6 Å². The highest BCUT2D eigenvalue weighted by Crippen LogP contribution is 2.25. The van der Waals surface area contributed by atoms with Gasteiger partial charge in [0.2, 0.25) is 0 Å². The second-order valence-corrected chi connectivity index (χ2v) is 5.17. The summed E-state index contributed by atoms with van der Waals surface area (Å²) in [5, 5.41) is 0.449. The van der Waals surface area contributed by atoms with Crippen LogP contribution in [-0.4, -0.2) is 18.4 Å². The number of methoxy groups -OCH3 is 1. The minimum atomic E-state index is -0.327. The summed E-state index contributed by atoms with van der Waals surface area (Å²) >= 11 is 5.96. The molecule has 94 valence electrons. The first-order chi connectivity index (χ1) is 7.83. The summed E-state index contributed by atoms with van der Waals surface area (Å²) in [5.74, 6) is 0.621. The zero-order chi connectivity index (χ0) is 13.1. The number of nitrogens with two attached hydrogens (primary N) is 1. The lowest BCUT2D eigenvalue weighted by molar-refractivity contribution is 0.0972. The summed E-state index contributed by atoms with van der Waals surface area (Å²) in [6.45, 7) is 3.81. The molecule has 3 nitrogen and oxygen atoms in total. The highest BCUT2D eigenvalue weighted by atomic mass is 35.5. The highest BCUT2D eigenvalue weighted by molar-refractivity contribution is 6.32. The molecule has 0 aromatic heterocycles. The highest BCUT2D eigenvalue weighted by Gasteiger charge is 2.15. The molecule has 2 N–H and O–H groups in total. The van der Waals surface area contributed by atoms with Crippen LogP contribution in [0.3, 0.4) is 0 Å². The fourth-order valence-electron chi connectivity index (χ4n) is 1.42. The van der Waals surface area contributed by atoms with Crippen LogP contribution in [0.15, 0.2) is 18.2 Å². The van der Waals surface area contributed by atoms with E-state index in [-0.39, 0.29) is 11.3 Å². The van der Waals surface area contributed by atoms with Crippen molar-refractivity contribution in [1.29, 1.82) is 0 Å². The molecule has 0 amide bonds. The van der Waals surface area contributed by atoms with Crippen molar-refractivity contribution in [2.24, 2.45) is 5.73 Å². The molecule has 0 aliphatic heterocycles. The smallest absolute Gasteiger partial charge is 0.163 e. The largest absolute Gasteiger partial charge is 0.495 e. The van der Waals surface area contributed by atoms with Crippen LogP contribution in [0, 0.1) is 0 Å². The van der Waals surface area contributed by atoms with Gasteiger partial charge in [-0.05, 0) is 38.5 Å². The van der Waals surface area contributed by atoms with Crippen LogP contribution in [0.2, 0.25) is 5.02 Å². The number of ketones is 1. The Morgan fingerprint density at radius 3 is 2.59 bits per heavy atom. The first-order valence-corrected chi connectivity index (χ1v) is 5.87. The van der Waals surface area contributed by atoms with Gasteiger partial charge in [0.25, 0.3) is 0 Å². The molecule has 1 rings (SSSR count). The molecular weight excluding hydrogens is 238 g/mol. The lowest BCUT2D eigenvalue weighted by Gasteiger charge is -2.17. The molecule has 0 atom stereocenters. The summed E-state index contributed by atoms with van der Waals surface area (Å²) in [6, 6.07) is 5.05. The van der Waals surface area contributed by atoms with Gasteiger partial charge in [-0.15, -0.1) is 0 Å². The number of hydrogen-bond acceptors (Lipinski definition) is 3. The molecule has 0 saturated heterocycles. The standard InChI is InChI=1S/C13H18ClNO2/c1-13(2,15)7-6-11(16)9-4-5-12(17-3)10(14)8-9/h4-5,8H,6-7,15H2,1-3H3. The van der Waals surface area contributed by atoms with Crippen molar-refractivity contribution in [1.82, 2.24) is 0 Å². The third-order valence-corrected chi connectivity index (χ3v) is 2.77. The summed E-state index contributed by atoms with van der Waals surface area (Å²) in [4.78, 5) is 11.9. The fraction of sp³-hybridized carbons (Fsp3) is 0.462. The molecule has 0 fully saturated rings. The minimum absolute atomic E-state index is 0.0491. The minimum Gasteiger partial charge on any atom is -0.495 e. The van der Waals surface area contributed by atoms with E-state index in [0.29, 0.717) is 29.2 Å². The van der Waals surface area contributed by atoms with E-state index in [1.807, 2.05) is 13.8 Å². The van der Waals surface area contributed by atoms with E-state index >= 15 is 0 Å². The van der Waals surface area contributed by atoms with Gasteiger partial charge in [0.05, 0.1) is 12.1 Å². The molecule has 0 bridgehead atoms. The Balaban J connectivity index is 2.73. The van der Waals surface area contributed by atoms with Crippen LogP contribution in [-0.2, 0) is 0 Å². The molecule has 0 heterocycles. The van der Waals surface area contributed by atoms with Gasteiger partial charge >= 0.3 is 0 Å². The summed E-state index contributed by atoms with van der Waals surface area (Å²) < 4.78 is 5.03. The third kappa shape index (κ3) is 4.36. The molecular formula is C13H18ClNO2. The summed E-state index contributed by atoms with van der Waals surface area (Å²) in [6.07, 6.45) is 1.07. The average Bonchev–Trinajstić information content (AvgIpc) is 2.24. The zero-order valence-electron chi connectivity index (χ0n) is 10.4. The number of rotatable bonds is 5. The van der Waals surface area contributed by atoms with E-state index in [1.165, 1.54) is 0 Å². The molecule has 0 aliphatic rings. The van der Waals surface area contributed by atoms with Crippen molar-refractivity contribution in [2.75, 3.05) is 7.11 Å². The van der Waals surface area contributed by atoms with E-state index < -0.39 is 0 Å². The molecule has 0 unspecified atom stereocenters. The lowest BCUT2D eigenvalue weighted by atomic mass is 9.96. The predicted molar refractivity (Wildman–Crippen MR) is 69.8 cm³/mol. The van der Waals surface area contributed by atoms with Gasteiger partial charge in [0.1, 0.15) is 5.75 Å². The van der Waals surface area contributed by atoms with Crippen LogP contribution in [0.4, 0.5) is 0 Å². The maximum atomic E-state index is 11.9. The molecule has 17 heavy (non-hydrogen) atoms. The van der Waals surface area contributed by atoms with Gasteiger partial charge < -0.3 is 10.5 Å². The number of carbonyl (C=O) groups is 1. The van der Waals surface area contributed by atoms with E-state index in [9.17, 15) is 4.79 Å². The van der Waals surface area contributed by atoms with E-state index in [2.05, 4.69) is 0 Å².